The Morgan fingerprint density at radius 2 is 1.30 bits per heavy atom. The molecule has 290 valence electrons. The number of hydrogen-bond acceptors (Lipinski definition) is 7. The van der Waals surface area contributed by atoms with Crippen molar-refractivity contribution in [3.8, 4) is 0 Å². The number of aryl methyl sites for hydroxylation is 2. The van der Waals surface area contributed by atoms with Crippen molar-refractivity contribution in [1.82, 2.24) is 0 Å². The number of benzene rings is 2. The summed E-state index contributed by atoms with van der Waals surface area (Å²) in [5, 5.41) is 0. The first-order chi connectivity index (χ1) is 24.6. The van der Waals surface area contributed by atoms with Gasteiger partial charge in [-0.05, 0) is 153 Å². The van der Waals surface area contributed by atoms with Gasteiger partial charge in [0.05, 0.1) is 16.4 Å². The van der Waals surface area contributed by atoms with Gasteiger partial charge in [0.15, 0.2) is 5.78 Å². The van der Waals surface area contributed by atoms with E-state index in [0.29, 0.717) is 24.2 Å². The molecule has 7 nitrogen and oxygen atoms in total. The number of ketones is 1. The lowest BCUT2D eigenvalue weighted by Crippen LogP contribution is -2.67. The van der Waals surface area contributed by atoms with E-state index in [1.807, 2.05) is 27.7 Å². The maximum Gasteiger partial charge on any atom is 0.297 e. The average molecular weight is 765 g/mol. The third-order valence-electron chi connectivity index (χ3n) is 16.3. The molecule has 0 aromatic heterocycles. The second-order valence-electron chi connectivity index (χ2n) is 19.3. The van der Waals surface area contributed by atoms with Crippen molar-refractivity contribution in [3.05, 3.63) is 71.8 Å². The van der Waals surface area contributed by atoms with Gasteiger partial charge in [0.2, 0.25) is 0 Å². The summed E-state index contributed by atoms with van der Waals surface area (Å²) < 4.78 is 65.2. The van der Waals surface area contributed by atoms with E-state index in [2.05, 4.69) is 34.3 Å². The van der Waals surface area contributed by atoms with E-state index in [4.69, 9.17) is 8.37 Å². The van der Waals surface area contributed by atoms with Crippen LogP contribution in [0.15, 0.2) is 70.5 Å². The Hall–Kier alpha value is -2.33. The van der Waals surface area contributed by atoms with Gasteiger partial charge in [0, 0.05) is 5.41 Å². The Kier molecular flexibility index (Phi) is 9.44. The van der Waals surface area contributed by atoms with Crippen molar-refractivity contribution in [2.45, 2.75) is 129 Å². The molecule has 2 aromatic rings. The molecule has 0 spiro atoms. The number of hydrogen-bond donors (Lipinski definition) is 0. The van der Waals surface area contributed by atoms with E-state index in [0.717, 1.165) is 68.1 Å². The predicted octanol–water partition coefficient (Wildman–Crippen LogP) is 9.62. The van der Waals surface area contributed by atoms with Gasteiger partial charge in [-0.3, -0.25) is 13.2 Å². The number of rotatable bonds is 8. The molecule has 5 aliphatic carbocycles. The van der Waals surface area contributed by atoms with Crippen molar-refractivity contribution >= 4 is 26.0 Å². The highest BCUT2D eigenvalue weighted by Gasteiger charge is 2.71. The largest absolute Gasteiger partial charge is 0.297 e. The minimum absolute atomic E-state index is 0.00741. The molecule has 0 N–H and O–H groups in total. The quantitative estimate of drug-likeness (QED) is 0.195. The highest BCUT2D eigenvalue weighted by Crippen LogP contribution is 2.77. The highest BCUT2D eigenvalue weighted by atomic mass is 32.2. The molecule has 5 aliphatic rings. The van der Waals surface area contributed by atoms with Crippen LogP contribution in [0, 0.1) is 70.5 Å². The SMILES string of the molecule is C=C(COS(=O)(=O)c1ccc(C)cc1)[C@@H]1CC[C@]2(C)CC[C@]3(C)[C@H](CC[C@@H]4[C@@]5(C)CC(OS(=O)(=O)c6ccc(C)cc6)C(=O)C(C)(C)[C@@H]5CC[C@]43C)[C@@H]12. The van der Waals surface area contributed by atoms with Crippen LogP contribution in [0.4, 0.5) is 0 Å². The minimum Gasteiger partial charge on any atom is -0.296 e. The van der Waals surface area contributed by atoms with Crippen LogP contribution in [0.3, 0.4) is 0 Å². The zero-order chi connectivity index (χ0) is 38.6. The molecule has 0 saturated heterocycles. The molecule has 9 heteroatoms. The van der Waals surface area contributed by atoms with Gasteiger partial charge in [0.1, 0.15) is 6.10 Å². The van der Waals surface area contributed by atoms with Gasteiger partial charge >= 0.3 is 0 Å². The third-order valence-corrected chi connectivity index (χ3v) is 18.9. The summed E-state index contributed by atoms with van der Waals surface area (Å²) in [6, 6.07) is 13.4. The molecule has 5 saturated carbocycles. The fourth-order valence-corrected chi connectivity index (χ4v) is 15.3. The molecule has 5 fully saturated rings. The maximum atomic E-state index is 14.2. The zero-order valence-electron chi connectivity index (χ0n) is 33.0. The second kappa shape index (κ2) is 12.9. The summed E-state index contributed by atoms with van der Waals surface area (Å²) in [4.78, 5) is 14.4. The van der Waals surface area contributed by atoms with Crippen LogP contribution in [0.25, 0.3) is 0 Å². The first-order valence-corrected chi connectivity index (χ1v) is 22.6. The molecule has 10 atom stereocenters. The zero-order valence-corrected chi connectivity index (χ0v) is 34.7. The summed E-state index contributed by atoms with van der Waals surface area (Å²) in [6.45, 7) is 22.2. The molecule has 53 heavy (non-hydrogen) atoms. The highest BCUT2D eigenvalue weighted by molar-refractivity contribution is 7.87. The van der Waals surface area contributed by atoms with Crippen LogP contribution in [-0.2, 0) is 33.4 Å². The van der Waals surface area contributed by atoms with Crippen molar-refractivity contribution in [3.63, 3.8) is 0 Å². The molecule has 2 aromatic carbocycles. The van der Waals surface area contributed by atoms with Gasteiger partial charge in [-0.1, -0.05) is 83.5 Å². The summed E-state index contributed by atoms with van der Waals surface area (Å²) in [7, 11) is -8.05. The van der Waals surface area contributed by atoms with E-state index < -0.39 is 31.8 Å². The standard InChI is InChI=1S/C44H60O7S2/c1-28-10-14-31(15-11-28)52(46,47)50-27-30(3)33-20-22-41(6)24-25-43(8)34(38(33)41)18-19-37-42(7)26-35(51-53(48,49)32-16-12-29(2)13-17-32)39(45)40(4,5)36(42)21-23-44(37,43)9/h10-17,33-38H,3,18-27H2,1-2,4-9H3/t33-,34+,35?,36-,37+,38+,41+,42-,43+,44+/m0/s1. The predicted molar refractivity (Wildman–Crippen MR) is 207 cm³/mol. The molecule has 0 aliphatic heterocycles. The van der Waals surface area contributed by atoms with Crippen LogP contribution < -0.4 is 0 Å². The van der Waals surface area contributed by atoms with Gasteiger partial charge in [-0.15, -0.1) is 0 Å². The van der Waals surface area contributed by atoms with Crippen LogP contribution in [0.1, 0.15) is 110 Å². The minimum atomic E-state index is -4.14. The van der Waals surface area contributed by atoms with Crippen LogP contribution >= 0.6 is 0 Å². The average Bonchev–Trinajstić information content (AvgIpc) is 3.44. The first kappa shape index (κ1) is 38.9. The fourth-order valence-electron chi connectivity index (χ4n) is 13.3. The van der Waals surface area contributed by atoms with E-state index in [1.54, 1.807) is 48.5 Å². The van der Waals surface area contributed by atoms with E-state index in [9.17, 15) is 21.6 Å². The van der Waals surface area contributed by atoms with Crippen molar-refractivity contribution in [2.24, 2.45) is 56.7 Å². The summed E-state index contributed by atoms with van der Waals surface area (Å²) in [6.07, 6.45) is 7.71. The van der Waals surface area contributed by atoms with Gasteiger partial charge < -0.3 is 0 Å². The lowest BCUT2D eigenvalue weighted by atomic mass is 9.32. The number of fused-ring (bicyclic) bond motifs is 7. The Balaban J connectivity index is 1.16. The van der Waals surface area contributed by atoms with Crippen LogP contribution in [0.2, 0.25) is 0 Å². The van der Waals surface area contributed by atoms with Crippen molar-refractivity contribution < 1.29 is 30.0 Å². The Morgan fingerprint density at radius 3 is 1.91 bits per heavy atom. The molecule has 0 bridgehead atoms. The van der Waals surface area contributed by atoms with Crippen molar-refractivity contribution in [1.29, 1.82) is 0 Å². The smallest absolute Gasteiger partial charge is 0.296 e. The topological polar surface area (TPSA) is 104 Å². The van der Waals surface area contributed by atoms with Gasteiger partial charge in [0.25, 0.3) is 20.2 Å². The summed E-state index contributed by atoms with van der Waals surface area (Å²) >= 11 is 0. The van der Waals surface area contributed by atoms with E-state index in [1.165, 1.54) is 0 Å². The first-order valence-electron chi connectivity index (χ1n) is 19.8. The molecule has 0 heterocycles. The van der Waals surface area contributed by atoms with E-state index >= 15 is 0 Å². The molecular weight excluding hydrogens is 705 g/mol. The lowest BCUT2D eigenvalue weighted by molar-refractivity contribution is -0.238. The summed E-state index contributed by atoms with van der Waals surface area (Å²) in [5.74, 6) is 1.32. The molecule has 1 unspecified atom stereocenters. The molecule has 7 rings (SSSR count). The Labute approximate surface area is 319 Å². The number of Topliss-reactive ketones (excluding diaryl/α,β-unsaturated/α-hetero) is 1. The number of carbonyl (C=O) groups is 1. The maximum absolute atomic E-state index is 14.2. The monoisotopic (exact) mass is 764 g/mol. The second-order valence-corrected chi connectivity index (χ2v) is 22.5. The molecular formula is C44H60O7S2. The van der Waals surface area contributed by atoms with E-state index in [-0.39, 0.29) is 55.7 Å². The van der Waals surface area contributed by atoms with Crippen molar-refractivity contribution in [2.75, 3.05) is 6.61 Å². The van der Waals surface area contributed by atoms with Crippen LogP contribution in [0.5, 0.6) is 0 Å². The Bertz CT molecular complexity index is 2000. The molecule has 0 radical (unpaired) electrons. The lowest BCUT2D eigenvalue weighted by Gasteiger charge is -2.72. The normalized spacial score (nSPS) is 39.4. The number of carbonyl (C=O) groups excluding carboxylic acids is 1. The Morgan fingerprint density at radius 1 is 0.717 bits per heavy atom. The molecule has 0 amide bonds. The third kappa shape index (κ3) is 6.04. The summed E-state index contributed by atoms with van der Waals surface area (Å²) in [5.41, 5.74) is 1.95. The van der Waals surface area contributed by atoms with Gasteiger partial charge in [-0.25, -0.2) is 0 Å². The van der Waals surface area contributed by atoms with Gasteiger partial charge in [-0.2, -0.15) is 16.8 Å². The van der Waals surface area contributed by atoms with Crippen LogP contribution in [-0.4, -0.2) is 35.3 Å². The fraction of sp³-hybridized carbons (Fsp3) is 0.659.